The number of amides is 1. The van der Waals surface area contributed by atoms with Crippen LogP contribution < -0.4 is 4.90 Å². The number of nitrogens with zero attached hydrogens (tertiary/aromatic N) is 1. The maximum absolute atomic E-state index is 12.1. The third-order valence-corrected chi connectivity index (χ3v) is 3.71. The van der Waals surface area contributed by atoms with E-state index in [2.05, 4.69) is 0 Å². The minimum atomic E-state index is -0.562. The Morgan fingerprint density at radius 2 is 1.75 bits per heavy atom. The Labute approximate surface area is 125 Å². The predicted octanol–water partition coefficient (Wildman–Crippen LogP) is 3.72. The highest BCUT2D eigenvalue weighted by atomic mass is 35.5. The number of para-hydroxylation sites is 1. The van der Waals surface area contributed by atoms with Crippen molar-refractivity contribution in [3.05, 3.63) is 63.6 Å². The molecule has 1 heterocycles. The molecule has 1 aliphatic heterocycles. The molecule has 20 heavy (non-hydrogen) atoms. The summed E-state index contributed by atoms with van der Waals surface area (Å²) in [6.45, 7) is 0.266. The SMILES string of the molecule is O=C1C(=O)N(Cc2cccc(Cl)c2)c2c(Cl)cccc21. The minimum Gasteiger partial charge on any atom is -0.299 e. The summed E-state index contributed by atoms with van der Waals surface area (Å²) in [6.07, 6.45) is 0. The third kappa shape index (κ3) is 2.09. The smallest absolute Gasteiger partial charge is 0.299 e. The van der Waals surface area contributed by atoms with Crippen LogP contribution in [0.25, 0.3) is 0 Å². The van der Waals surface area contributed by atoms with E-state index in [0.29, 0.717) is 21.3 Å². The fourth-order valence-corrected chi connectivity index (χ4v) is 2.77. The second-order valence-electron chi connectivity index (χ2n) is 4.49. The summed E-state index contributed by atoms with van der Waals surface area (Å²) in [4.78, 5) is 25.4. The van der Waals surface area contributed by atoms with Crippen LogP contribution in [0.5, 0.6) is 0 Å². The van der Waals surface area contributed by atoms with E-state index in [1.807, 2.05) is 6.07 Å². The van der Waals surface area contributed by atoms with Crippen LogP contribution in [0.15, 0.2) is 42.5 Å². The molecule has 0 radical (unpaired) electrons. The van der Waals surface area contributed by atoms with Crippen LogP contribution in [0, 0.1) is 0 Å². The van der Waals surface area contributed by atoms with Gasteiger partial charge < -0.3 is 0 Å². The lowest BCUT2D eigenvalue weighted by Gasteiger charge is -2.17. The highest BCUT2D eigenvalue weighted by molar-refractivity contribution is 6.54. The standard InChI is InChI=1S/C15H9Cl2NO2/c16-10-4-1-3-9(7-10)8-18-13-11(14(19)15(18)20)5-2-6-12(13)17/h1-7H,8H2. The number of benzene rings is 2. The van der Waals surface area contributed by atoms with Crippen molar-refractivity contribution in [2.24, 2.45) is 0 Å². The van der Waals surface area contributed by atoms with Gasteiger partial charge in [-0.3, -0.25) is 14.5 Å². The molecule has 0 saturated carbocycles. The molecule has 0 fully saturated rings. The molecule has 1 amide bonds. The van der Waals surface area contributed by atoms with Gasteiger partial charge in [0.2, 0.25) is 0 Å². The quantitative estimate of drug-likeness (QED) is 0.793. The van der Waals surface area contributed by atoms with Gasteiger partial charge in [0.15, 0.2) is 0 Å². The summed E-state index contributed by atoms with van der Waals surface area (Å²) in [6, 6.07) is 12.1. The van der Waals surface area contributed by atoms with Crippen molar-refractivity contribution in [1.29, 1.82) is 0 Å². The number of halogens is 2. The monoisotopic (exact) mass is 305 g/mol. The fraction of sp³-hybridized carbons (Fsp3) is 0.0667. The number of ketones is 1. The molecule has 2 aromatic carbocycles. The summed E-state index contributed by atoms with van der Waals surface area (Å²) in [7, 11) is 0. The number of anilines is 1. The van der Waals surface area contributed by atoms with Crippen molar-refractivity contribution in [2.45, 2.75) is 6.54 Å². The Morgan fingerprint density at radius 1 is 1.00 bits per heavy atom. The van der Waals surface area contributed by atoms with Crippen molar-refractivity contribution in [3.8, 4) is 0 Å². The first kappa shape index (κ1) is 13.2. The van der Waals surface area contributed by atoms with E-state index in [9.17, 15) is 9.59 Å². The Bertz CT molecular complexity index is 728. The van der Waals surface area contributed by atoms with Crippen LogP contribution in [-0.4, -0.2) is 11.7 Å². The minimum absolute atomic E-state index is 0.266. The van der Waals surface area contributed by atoms with Crippen molar-refractivity contribution in [1.82, 2.24) is 0 Å². The number of Topliss-reactive ketones (excluding diaryl/α,β-unsaturated/α-hetero) is 1. The summed E-state index contributed by atoms with van der Waals surface area (Å²) in [5.41, 5.74) is 1.67. The van der Waals surface area contributed by atoms with Gasteiger partial charge in [-0.2, -0.15) is 0 Å². The van der Waals surface area contributed by atoms with Gasteiger partial charge in [-0.05, 0) is 29.8 Å². The molecule has 0 spiro atoms. The largest absolute Gasteiger partial charge is 0.299 e. The van der Waals surface area contributed by atoms with Crippen molar-refractivity contribution in [3.63, 3.8) is 0 Å². The van der Waals surface area contributed by atoms with Crippen LogP contribution in [0.2, 0.25) is 10.0 Å². The molecule has 100 valence electrons. The fourth-order valence-electron chi connectivity index (χ4n) is 2.28. The van der Waals surface area contributed by atoms with E-state index in [1.165, 1.54) is 4.90 Å². The van der Waals surface area contributed by atoms with Gasteiger partial charge in [-0.25, -0.2) is 0 Å². The molecule has 0 N–H and O–H groups in total. The van der Waals surface area contributed by atoms with Crippen LogP contribution in [-0.2, 0) is 11.3 Å². The normalized spacial score (nSPS) is 13.8. The topological polar surface area (TPSA) is 37.4 Å². The Morgan fingerprint density at radius 3 is 2.50 bits per heavy atom. The first-order chi connectivity index (χ1) is 9.58. The Hall–Kier alpha value is -1.84. The number of hydrogen-bond donors (Lipinski definition) is 0. The molecule has 0 aromatic heterocycles. The predicted molar refractivity (Wildman–Crippen MR) is 78.4 cm³/mol. The molecular formula is C15H9Cl2NO2. The molecule has 5 heteroatoms. The molecule has 0 atom stereocenters. The molecule has 1 aliphatic rings. The van der Waals surface area contributed by atoms with E-state index in [0.717, 1.165) is 5.56 Å². The van der Waals surface area contributed by atoms with Crippen LogP contribution >= 0.6 is 23.2 Å². The molecular weight excluding hydrogens is 297 g/mol. The zero-order valence-corrected chi connectivity index (χ0v) is 11.8. The van der Waals surface area contributed by atoms with E-state index < -0.39 is 11.7 Å². The molecule has 2 aromatic rings. The van der Waals surface area contributed by atoms with Crippen LogP contribution in [0.1, 0.15) is 15.9 Å². The third-order valence-electron chi connectivity index (χ3n) is 3.17. The average Bonchev–Trinajstić information content (AvgIpc) is 2.66. The Balaban J connectivity index is 2.03. The van der Waals surface area contributed by atoms with Gasteiger partial charge in [0.05, 0.1) is 22.8 Å². The molecule has 0 unspecified atom stereocenters. The van der Waals surface area contributed by atoms with Gasteiger partial charge in [0.25, 0.3) is 11.7 Å². The van der Waals surface area contributed by atoms with Crippen LogP contribution in [0.3, 0.4) is 0 Å². The Kier molecular flexibility index (Phi) is 3.24. The zero-order valence-electron chi connectivity index (χ0n) is 10.3. The van der Waals surface area contributed by atoms with E-state index in [-0.39, 0.29) is 6.54 Å². The van der Waals surface area contributed by atoms with Gasteiger partial charge in [0.1, 0.15) is 0 Å². The zero-order chi connectivity index (χ0) is 14.3. The summed E-state index contributed by atoms with van der Waals surface area (Å²) in [5, 5.41) is 0.976. The maximum Gasteiger partial charge on any atom is 0.299 e. The van der Waals surface area contributed by atoms with Gasteiger partial charge in [-0.1, -0.05) is 41.4 Å². The van der Waals surface area contributed by atoms with Gasteiger partial charge in [-0.15, -0.1) is 0 Å². The molecule has 0 bridgehead atoms. The second kappa shape index (κ2) is 4.93. The van der Waals surface area contributed by atoms with E-state index in [4.69, 9.17) is 23.2 Å². The summed E-state index contributed by atoms with van der Waals surface area (Å²) >= 11 is 12.1. The van der Waals surface area contributed by atoms with E-state index >= 15 is 0 Å². The number of fused-ring (bicyclic) bond motifs is 1. The first-order valence-electron chi connectivity index (χ1n) is 5.97. The lowest BCUT2D eigenvalue weighted by atomic mass is 10.1. The molecule has 0 saturated heterocycles. The van der Waals surface area contributed by atoms with Gasteiger partial charge >= 0.3 is 0 Å². The summed E-state index contributed by atoms with van der Waals surface area (Å²) < 4.78 is 0. The number of rotatable bonds is 2. The highest BCUT2D eigenvalue weighted by Gasteiger charge is 2.37. The lowest BCUT2D eigenvalue weighted by Crippen LogP contribution is -2.29. The highest BCUT2D eigenvalue weighted by Crippen LogP contribution is 2.36. The van der Waals surface area contributed by atoms with Crippen molar-refractivity contribution >= 4 is 40.6 Å². The molecule has 3 rings (SSSR count). The lowest BCUT2D eigenvalue weighted by molar-refractivity contribution is -0.114. The maximum atomic E-state index is 12.1. The van der Waals surface area contributed by atoms with Crippen molar-refractivity contribution < 1.29 is 9.59 Å². The van der Waals surface area contributed by atoms with Gasteiger partial charge in [0, 0.05) is 5.02 Å². The second-order valence-corrected chi connectivity index (χ2v) is 5.33. The molecule has 0 aliphatic carbocycles. The average molecular weight is 306 g/mol. The molecule has 3 nitrogen and oxygen atoms in total. The number of hydrogen-bond acceptors (Lipinski definition) is 2. The first-order valence-corrected chi connectivity index (χ1v) is 6.72. The summed E-state index contributed by atoms with van der Waals surface area (Å²) in [5.74, 6) is -1.09. The number of carbonyl (C=O) groups is 2. The number of carbonyl (C=O) groups excluding carboxylic acids is 2. The van der Waals surface area contributed by atoms with Crippen molar-refractivity contribution in [2.75, 3.05) is 4.90 Å². The van der Waals surface area contributed by atoms with E-state index in [1.54, 1.807) is 36.4 Å². The van der Waals surface area contributed by atoms with Crippen LogP contribution in [0.4, 0.5) is 5.69 Å².